The first-order valence-corrected chi connectivity index (χ1v) is 8.39. The third-order valence-electron chi connectivity index (χ3n) is 3.27. The van der Waals surface area contributed by atoms with E-state index in [-0.39, 0.29) is 0 Å². The van der Waals surface area contributed by atoms with Gasteiger partial charge < -0.3 is 10.8 Å². The normalized spacial score (nSPS) is 11.7. The quantitative estimate of drug-likeness (QED) is 0.765. The van der Waals surface area contributed by atoms with Gasteiger partial charge in [-0.05, 0) is 31.1 Å². The van der Waals surface area contributed by atoms with E-state index in [0.29, 0.717) is 12.4 Å². The molecule has 0 aromatic heterocycles. The number of halogens is 1. The second-order valence-corrected chi connectivity index (χ2v) is 5.82. The minimum atomic E-state index is -0.439. The van der Waals surface area contributed by atoms with Crippen molar-refractivity contribution in [1.29, 1.82) is 0 Å². The summed E-state index contributed by atoms with van der Waals surface area (Å²) in [7, 11) is 1.97. The van der Waals surface area contributed by atoms with E-state index in [0.717, 1.165) is 19.5 Å². The van der Waals surface area contributed by atoms with Gasteiger partial charge in [0, 0.05) is 19.0 Å². The first kappa shape index (κ1) is 19.7. The maximum atomic E-state index is 9.33. The molecule has 2 aromatic carbocycles. The van der Waals surface area contributed by atoms with Gasteiger partial charge in [0.2, 0.25) is 0 Å². The molecule has 0 saturated heterocycles. The number of benzene rings is 2. The van der Waals surface area contributed by atoms with Crippen LogP contribution in [0.2, 0.25) is 0 Å². The highest BCUT2D eigenvalue weighted by Crippen LogP contribution is 2.03. The van der Waals surface area contributed by atoms with Gasteiger partial charge >= 0.3 is 0 Å². The molecule has 2 aromatic rings. The van der Waals surface area contributed by atoms with Gasteiger partial charge in [0.25, 0.3) is 0 Å². The zero-order valence-corrected chi connectivity index (χ0v) is 14.5. The van der Waals surface area contributed by atoms with Crippen LogP contribution in [-0.2, 0) is 13.0 Å². The Morgan fingerprint density at radius 2 is 1.52 bits per heavy atom. The lowest BCUT2D eigenvalue weighted by Crippen LogP contribution is -2.29. The number of alkyl halides is 1. The smallest absolute Gasteiger partial charge is 0.0802 e. The summed E-state index contributed by atoms with van der Waals surface area (Å²) in [4.78, 5) is 2.06. The highest BCUT2D eigenvalue weighted by Gasteiger charge is 2.06. The average molecular weight is 335 g/mol. The van der Waals surface area contributed by atoms with Crippen LogP contribution in [0, 0.1) is 0 Å². The van der Waals surface area contributed by atoms with E-state index >= 15 is 0 Å². The lowest BCUT2D eigenvalue weighted by atomic mass is 10.2. The molecule has 0 unspecified atom stereocenters. The van der Waals surface area contributed by atoms with Crippen molar-refractivity contribution in [2.24, 2.45) is 5.73 Å². The molecule has 4 heteroatoms. The monoisotopic (exact) mass is 334 g/mol. The number of hydrogen-bond donors (Lipinski definition) is 2. The second-order valence-electron chi connectivity index (χ2n) is 5.51. The minimum absolute atomic E-state index is 0.291. The van der Waals surface area contributed by atoms with Crippen LogP contribution in [0.1, 0.15) is 11.1 Å². The molecular formula is C19H27ClN2O. The highest BCUT2D eigenvalue weighted by atomic mass is 35.5. The number of aliphatic hydroxyl groups excluding tert-OH is 1. The lowest BCUT2D eigenvalue weighted by Gasteiger charge is -2.19. The van der Waals surface area contributed by atoms with E-state index in [1.165, 1.54) is 11.1 Å². The Labute approximate surface area is 144 Å². The Hall–Kier alpha value is -1.39. The molecule has 126 valence electrons. The number of nitrogens with zero attached hydrogens (tertiary/aromatic N) is 1. The van der Waals surface area contributed by atoms with Crippen molar-refractivity contribution in [2.45, 2.75) is 19.1 Å². The van der Waals surface area contributed by atoms with Crippen molar-refractivity contribution in [3.05, 3.63) is 71.8 Å². The van der Waals surface area contributed by atoms with Crippen molar-refractivity contribution in [3.8, 4) is 0 Å². The standard InChI is InChI=1S/C11H16ClNO.C8H11N/c1-13(9-11(14)7-12)8-10-5-3-2-4-6-10;9-7-6-8-4-2-1-3-5-8/h2-6,11,14H,7-9H2,1H3;1-5H,6-7,9H2/t11-;/m1./s1. The number of nitrogens with two attached hydrogens (primary N) is 1. The molecule has 0 aliphatic carbocycles. The summed E-state index contributed by atoms with van der Waals surface area (Å²) in [5, 5.41) is 9.33. The zero-order valence-electron chi connectivity index (χ0n) is 13.7. The topological polar surface area (TPSA) is 49.5 Å². The second kappa shape index (κ2) is 12.1. The van der Waals surface area contributed by atoms with Crippen LogP contribution in [-0.4, -0.2) is 42.1 Å². The molecule has 1 atom stereocenters. The first-order chi connectivity index (χ1) is 11.2. The summed E-state index contributed by atoms with van der Waals surface area (Å²) in [6, 6.07) is 20.4. The van der Waals surface area contributed by atoms with Gasteiger partial charge in [-0.1, -0.05) is 60.7 Å². The number of hydrogen-bond acceptors (Lipinski definition) is 3. The summed E-state index contributed by atoms with van der Waals surface area (Å²) in [5.41, 5.74) is 7.93. The van der Waals surface area contributed by atoms with Crippen LogP contribution < -0.4 is 5.73 Å². The predicted octanol–water partition coefficient (Wildman–Crippen LogP) is 2.91. The lowest BCUT2D eigenvalue weighted by molar-refractivity contribution is 0.141. The molecule has 0 radical (unpaired) electrons. The Morgan fingerprint density at radius 1 is 1.00 bits per heavy atom. The van der Waals surface area contributed by atoms with Gasteiger partial charge in [-0.15, -0.1) is 11.6 Å². The van der Waals surface area contributed by atoms with Crippen molar-refractivity contribution in [3.63, 3.8) is 0 Å². The average Bonchev–Trinajstić information content (AvgIpc) is 2.57. The molecule has 0 heterocycles. The fourth-order valence-corrected chi connectivity index (χ4v) is 2.28. The SMILES string of the molecule is CN(Cc1ccccc1)C[C@H](O)CCl.NCCc1ccccc1. The molecule has 3 nitrogen and oxygen atoms in total. The van der Waals surface area contributed by atoms with E-state index in [1.54, 1.807) is 0 Å². The first-order valence-electron chi connectivity index (χ1n) is 7.86. The van der Waals surface area contributed by atoms with Crippen LogP contribution in [0.5, 0.6) is 0 Å². The molecule has 0 saturated carbocycles. The zero-order chi connectivity index (χ0) is 16.9. The summed E-state index contributed by atoms with van der Waals surface area (Å²) in [6.45, 7) is 2.19. The van der Waals surface area contributed by atoms with Crippen LogP contribution in [0.4, 0.5) is 0 Å². The third kappa shape index (κ3) is 9.36. The van der Waals surface area contributed by atoms with Gasteiger partial charge in [-0.2, -0.15) is 0 Å². The molecule has 3 N–H and O–H groups in total. The van der Waals surface area contributed by atoms with Gasteiger partial charge in [-0.25, -0.2) is 0 Å². The molecule has 0 fully saturated rings. The maximum Gasteiger partial charge on any atom is 0.0802 e. The molecule has 23 heavy (non-hydrogen) atoms. The van der Waals surface area contributed by atoms with Gasteiger partial charge in [0.15, 0.2) is 0 Å². The number of rotatable bonds is 7. The maximum absolute atomic E-state index is 9.33. The molecule has 0 aliphatic heterocycles. The van der Waals surface area contributed by atoms with Crippen molar-refractivity contribution in [2.75, 3.05) is 26.0 Å². The van der Waals surface area contributed by atoms with E-state index in [4.69, 9.17) is 17.3 Å². The fourth-order valence-electron chi connectivity index (χ4n) is 2.18. The summed E-state index contributed by atoms with van der Waals surface area (Å²) in [6.07, 6.45) is 0.547. The van der Waals surface area contributed by atoms with Crippen molar-refractivity contribution < 1.29 is 5.11 Å². The largest absolute Gasteiger partial charge is 0.391 e. The Kier molecular flexibility index (Phi) is 10.3. The van der Waals surface area contributed by atoms with E-state index in [1.807, 2.05) is 43.4 Å². The van der Waals surface area contributed by atoms with Crippen LogP contribution >= 0.6 is 11.6 Å². The molecule has 0 spiro atoms. The highest BCUT2D eigenvalue weighted by molar-refractivity contribution is 6.18. The summed E-state index contributed by atoms with van der Waals surface area (Å²) >= 11 is 5.52. The van der Waals surface area contributed by atoms with E-state index in [2.05, 4.69) is 29.2 Å². The van der Waals surface area contributed by atoms with Crippen molar-refractivity contribution >= 4 is 11.6 Å². The molecule has 0 amide bonds. The van der Waals surface area contributed by atoms with E-state index in [9.17, 15) is 5.11 Å². The van der Waals surface area contributed by atoms with Gasteiger partial charge in [0.1, 0.15) is 0 Å². The van der Waals surface area contributed by atoms with Crippen LogP contribution in [0.3, 0.4) is 0 Å². The number of aliphatic hydroxyl groups is 1. The third-order valence-corrected chi connectivity index (χ3v) is 3.63. The summed E-state index contributed by atoms with van der Waals surface area (Å²) < 4.78 is 0. The van der Waals surface area contributed by atoms with Crippen molar-refractivity contribution in [1.82, 2.24) is 4.90 Å². The Balaban J connectivity index is 0.000000253. The van der Waals surface area contributed by atoms with Gasteiger partial charge in [-0.3, -0.25) is 4.90 Å². The molecule has 0 aliphatic rings. The Morgan fingerprint density at radius 3 is 2.00 bits per heavy atom. The number of likely N-dealkylation sites (N-methyl/N-ethyl adjacent to an activating group) is 1. The minimum Gasteiger partial charge on any atom is -0.391 e. The molecular weight excluding hydrogens is 308 g/mol. The van der Waals surface area contributed by atoms with Crippen LogP contribution in [0.25, 0.3) is 0 Å². The summed E-state index contributed by atoms with van der Waals surface area (Å²) in [5.74, 6) is 0.291. The van der Waals surface area contributed by atoms with Gasteiger partial charge in [0.05, 0.1) is 6.10 Å². The fraction of sp³-hybridized carbons (Fsp3) is 0.368. The van der Waals surface area contributed by atoms with E-state index < -0.39 is 6.10 Å². The van der Waals surface area contributed by atoms with Crippen LogP contribution in [0.15, 0.2) is 60.7 Å². The predicted molar refractivity (Wildman–Crippen MR) is 98.7 cm³/mol. The Bertz CT molecular complexity index is 507. The molecule has 2 rings (SSSR count). The molecule has 0 bridgehead atoms.